The fourth-order valence-corrected chi connectivity index (χ4v) is 1.81. The van der Waals surface area contributed by atoms with Crippen molar-refractivity contribution in [2.45, 2.75) is 32.7 Å². The molecule has 1 aromatic heterocycles. The number of nitrogens with zero attached hydrogens (tertiary/aromatic N) is 1. The van der Waals surface area contributed by atoms with Gasteiger partial charge in [0.25, 0.3) is 0 Å². The van der Waals surface area contributed by atoms with Gasteiger partial charge >= 0.3 is 0 Å². The molecule has 0 saturated heterocycles. The summed E-state index contributed by atoms with van der Waals surface area (Å²) >= 11 is 0. The number of hydrogen-bond acceptors (Lipinski definition) is 0. The lowest BCUT2D eigenvalue weighted by Crippen LogP contribution is -2.23. The normalized spacial score (nSPS) is 12.3. The fraction of sp³-hybridized carbons (Fsp3) is 0.385. The van der Waals surface area contributed by atoms with Crippen LogP contribution in [0.15, 0.2) is 30.5 Å². The van der Waals surface area contributed by atoms with E-state index in [1.54, 1.807) is 6.07 Å². The zero-order valence-electron chi connectivity index (χ0n) is 9.42. The van der Waals surface area contributed by atoms with E-state index in [1.165, 1.54) is 6.07 Å². The van der Waals surface area contributed by atoms with Crippen LogP contribution in [0.5, 0.6) is 0 Å². The van der Waals surface area contributed by atoms with Crippen molar-refractivity contribution in [1.29, 1.82) is 0 Å². The molecule has 2 heteroatoms. The van der Waals surface area contributed by atoms with Gasteiger partial charge in [0.1, 0.15) is 5.82 Å². The Morgan fingerprint density at radius 1 is 1.27 bits per heavy atom. The average Bonchev–Trinajstić information content (AvgIpc) is 2.61. The van der Waals surface area contributed by atoms with Crippen LogP contribution in [0.1, 0.15) is 27.2 Å². The first-order chi connectivity index (χ1) is 7.04. The van der Waals surface area contributed by atoms with E-state index in [4.69, 9.17) is 0 Å². The molecule has 0 unspecified atom stereocenters. The van der Waals surface area contributed by atoms with Crippen molar-refractivity contribution in [3.05, 3.63) is 36.3 Å². The third kappa shape index (κ3) is 1.65. The highest BCUT2D eigenvalue weighted by Crippen LogP contribution is 2.26. The second-order valence-corrected chi connectivity index (χ2v) is 4.55. The van der Waals surface area contributed by atoms with Gasteiger partial charge in [-0.3, -0.25) is 0 Å². The standard InChI is InChI=1S/C13H16FN/c1-4-13(2,3)15-8-7-10-9-11(14)5-6-12(10)15/h5-9H,4H2,1-3H3. The monoisotopic (exact) mass is 205 g/mol. The van der Waals surface area contributed by atoms with Crippen molar-refractivity contribution in [3.8, 4) is 0 Å². The molecule has 1 nitrogen and oxygen atoms in total. The predicted molar refractivity (Wildman–Crippen MR) is 61.5 cm³/mol. The molecule has 0 aliphatic rings. The number of fused-ring (bicyclic) bond motifs is 1. The van der Waals surface area contributed by atoms with Gasteiger partial charge in [0, 0.05) is 22.6 Å². The molecule has 80 valence electrons. The maximum absolute atomic E-state index is 13.0. The lowest BCUT2D eigenvalue weighted by molar-refractivity contribution is 0.354. The fourth-order valence-electron chi connectivity index (χ4n) is 1.81. The van der Waals surface area contributed by atoms with Crippen molar-refractivity contribution in [3.63, 3.8) is 0 Å². The molecule has 0 N–H and O–H groups in total. The first-order valence-electron chi connectivity index (χ1n) is 5.32. The Morgan fingerprint density at radius 3 is 2.67 bits per heavy atom. The van der Waals surface area contributed by atoms with Crippen LogP contribution in [0, 0.1) is 5.82 Å². The van der Waals surface area contributed by atoms with Gasteiger partial charge in [-0.2, -0.15) is 0 Å². The number of halogens is 1. The Bertz CT molecular complexity index is 482. The Hall–Kier alpha value is -1.31. The lowest BCUT2D eigenvalue weighted by atomic mass is 10.0. The molecule has 0 fully saturated rings. The lowest BCUT2D eigenvalue weighted by Gasteiger charge is -2.26. The van der Waals surface area contributed by atoms with E-state index >= 15 is 0 Å². The third-order valence-electron chi connectivity index (χ3n) is 3.17. The second kappa shape index (κ2) is 3.37. The molecule has 0 radical (unpaired) electrons. The van der Waals surface area contributed by atoms with Crippen molar-refractivity contribution >= 4 is 10.9 Å². The first-order valence-corrected chi connectivity index (χ1v) is 5.32. The molecular formula is C13H16FN. The largest absolute Gasteiger partial charge is 0.342 e. The van der Waals surface area contributed by atoms with Crippen LogP contribution in [0.4, 0.5) is 4.39 Å². The van der Waals surface area contributed by atoms with E-state index in [-0.39, 0.29) is 11.4 Å². The van der Waals surface area contributed by atoms with Crippen molar-refractivity contribution in [2.24, 2.45) is 0 Å². The molecule has 0 atom stereocenters. The molecule has 0 aliphatic carbocycles. The topological polar surface area (TPSA) is 4.93 Å². The molecule has 0 aliphatic heterocycles. The summed E-state index contributed by atoms with van der Waals surface area (Å²) < 4.78 is 15.2. The van der Waals surface area contributed by atoms with Crippen LogP contribution in [-0.2, 0) is 5.54 Å². The van der Waals surface area contributed by atoms with Gasteiger partial charge < -0.3 is 4.57 Å². The molecule has 0 bridgehead atoms. The van der Waals surface area contributed by atoms with Gasteiger partial charge in [-0.15, -0.1) is 0 Å². The summed E-state index contributed by atoms with van der Waals surface area (Å²) in [5.41, 5.74) is 1.18. The van der Waals surface area contributed by atoms with E-state index in [9.17, 15) is 4.39 Å². The Kier molecular flexibility index (Phi) is 2.29. The van der Waals surface area contributed by atoms with E-state index < -0.39 is 0 Å². The quantitative estimate of drug-likeness (QED) is 0.700. The van der Waals surface area contributed by atoms with E-state index in [0.717, 1.165) is 17.3 Å². The highest BCUT2D eigenvalue weighted by Gasteiger charge is 2.18. The van der Waals surface area contributed by atoms with E-state index in [0.29, 0.717) is 0 Å². The molecule has 1 aromatic carbocycles. The van der Waals surface area contributed by atoms with E-state index in [2.05, 4.69) is 25.3 Å². The molecule has 0 saturated carbocycles. The Labute approximate surface area is 89.5 Å². The third-order valence-corrected chi connectivity index (χ3v) is 3.17. The van der Waals surface area contributed by atoms with Gasteiger partial charge in [-0.1, -0.05) is 6.92 Å². The molecule has 0 amide bonds. The van der Waals surface area contributed by atoms with Gasteiger partial charge in [0.2, 0.25) is 0 Å². The summed E-state index contributed by atoms with van der Waals surface area (Å²) in [5.74, 6) is -0.172. The molecule has 2 rings (SSSR count). The summed E-state index contributed by atoms with van der Waals surface area (Å²) in [7, 11) is 0. The molecule has 1 heterocycles. The van der Waals surface area contributed by atoms with Crippen molar-refractivity contribution in [2.75, 3.05) is 0 Å². The van der Waals surface area contributed by atoms with Gasteiger partial charge in [-0.05, 0) is 44.5 Å². The molecule has 2 aromatic rings. The van der Waals surface area contributed by atoms with Crippen molar-refractivity contribution in [1.82, 2.24) is 4.57 Å². The number of rotatable bonds is 2. The molecule has 15 heavy (non-hydrogen) atoms. The van der Waals surface area contributed by atoms with Crippen LogP contribution in [0.2, 0.25) is 0 Å². The molecule has 0 spiro atoms. The van der Waals surface area contributed by atoms with Gasteiger partial charge in [0.05, 0.1) is 0 Å². The number of hydrogen-bond donors (Lipinski definition) is 0. The summed E-state index contributed by atoms with van der Waals surface area (Å²) in [6, 6.07) is 6.92. The summed E-state index contributed by atoms with van der Waals surface area (Å²) in [6.45, 7) is 6.54. The van der Waals surface area contributed by atoms with Crippen molar-refractivity contribution < 1.29 is 4.39 Å². The summed E-state index contributed by atoms with van der Waals surface area (Å²) in [6.07, 6.45) is 3.09. The zero-order valence-corrected chi connectivity index (χ0v) is 9.42. The predicted octanol–water partition coefficient (Wildman–Crippen LogP) is 3.93. The SMILES string of the molecule is CCC(C)(C)n1ccc2cc(F)ccc21. The smallest absolute Gasteiger partial charge is 0.123 e. The molecular weight excluding hydrogens is 189 g/mol. The maximum Gasteiger partial charge on any atom is 0.123 e. The van der Waals surface area contributed by atoms with Crippen LogP contribution in [-0.4, -0.2) is 4.57 Å². The van der Waals surface area contributed by atoms with E-state index in [1.807, 2.05) is 18.3 Å². The zero-order chi connectivity index (χ0) is 11.1. The van der Waals surface area contributed by atoms with Crippen LogP contribution >= 0.6 is 0 Å². The summed E-state index contributed by atoms with van der Waals surface area (Å²) in [4.78, 5) is 0. The highest BCUT2D eigenvalue weighted by atomic mass is 19.1. The maximum atomic E-state index is 13.0. The number of benzene rings is 1. The highest BCUT2D eigenvalue weighted by molar-refractivity contribution is 5.80. The van der Waals surface area contributed by atoms with Crippen LogP contribution in [0.3, 0.4) is 0 Å². The van der Waals surface area contributed by atoms with Gasteiger partial charge in [0.15, 0.2) is 0 Å². The second-order valence-electron chi connectivity index (χ2n) is 4.55. The number of aromatic nitrogens is 1. The van der Waals surface area contributed by atoms with Gasteiger partial charge in [-0.25, -0.2) is 4.39 Å². The Balaban J connectivity index is 2.64. The minimum absolute atomic E-state index is 0.0829. The average molecular weight is 205 g/mol. The van der Waals surface area contributed by atoms with Crippen LogP contribution < -0.4 is 0 Å². The summed E-state index contributed by atoms with van der Waals surface area (Å²) in [5, 5.41) is 0.969. The minimum Gasteiger partial charge on any atom is -0.342 e. The minimum atomic E-state index is -0.172. The first kappa shape index (κ1) is 10.2. The Morgan fingerprint density at radius 2 is 2.00 bits per heavy atom. The van der Waals surface area contributed by atoms with Crippen LogP contribution in [0.25, 0.3) is 10.9 Å².